The number of fused-ring (bicyclic) bond motifs is 1. The average molecular weight is 578 g/mol. The van der Waals surface area contributed by atoms with Crippen molar-refractivity contribution in [2.75, 3.05) is 39.1 Å². The number of halogens is 1. The van der Waals surface area contributed by atoms with Crippen LogP contribution in [0, 0.1) is 25.7 Å². The number of rotatable bonds is 7. The summed E-state index contributed by atoms with van der Waals surface area (Å²) in [5, 5.41) is 2.62. The molecule has 5 rings (SSSR count). The van der Waals surface area contributed by atoms with E-state index in [1.165, 1.54) is 17.8 Å². The van der Waals surface area contributed by atoms with E-state index in [2.05, 4.69) is 15.2 Å². The van der Waals surface area contributed by atoms with Gasteiger partial charge in [0.15, 0.2) is 11.5 Å². The summed E-state index contributed by atoms with van der Waals surface area (Å²) in [5.41, 5.74) is 0.539. The second-order valence-electron chi connectivity index (χ2n) is 10.8. The number of carbonyl (C=O) groups excluding carboxylic acids is 1. The van der Waals surface area contributed by atoms with Crippen LogP contribution in [0.3, 0.4) is 0 Å². The molecule has 1 aliphatic carbocycles. The Morgan fingerprint density at radius 3 is 2.59 bits per heavy atom. The first kappa shape index (κ1) is 25.7. The molecule has 1 atom stereocenters. The Hall–Kier alpha value is -2.20. The zero-order valence-corrected chi connectivity index (χ0v) is 24.5. The van der Waals surface area contributed by atoms with Crippen molar-refractivity contribution in [1.82, 2.24) is 15.2 Å². The highest BCUT2D eigenvalue weighted by molar-refractivity contribution is 7.98. The van der Waals surface area contributed by atoms with Crippen molar-refractivity contribution in [3.05, 3.63) is 49.9 Å². The number of benzene rings is 1. The number of carbonyl (C=O) groups is 1. The number of H-pyrrole nitrogens is 1. The summed E-state index contributed by atoms with van der Waals surface area (Å²) in [5.74, 6) is -0.00602. The maximum absolute atomic E-state index is 13.4. The van der Waals surface area contributed by atoms with Crippen LogP contribution in [-0.4, -0.2) is 60.7 Å². The number of hydrogen-bond acceptors (Lipinski definition) is 7. The third-order valence-corrected chi connectivity index (χ3v) is 9.20. The lowest BCUT2D eigenvalue weighted by Crippen LogP contribution is -2.46. The van der Waals surface area contributed by atoms with Crippen molar-refractivity contribution < 1.29 is 21.7 Å². The van der Waals surface area contributed by atoms with E-state index in [-0.39, 0.29) is 22.1 Å². The Morgan fingerprint density at radius 2 is 1.90 bits per heavy atom. The topological polar surface area (TPSA) is 92.9 Å². The first-order valence-electron chi connectivity index (χ1n) is 14.5. The molecule has 3 aliphatic rings. The number of nitrogens with zero attached hydrogens (tertiary/aromatic N) is 1. The van der Waals surface area contributed by atoms with Gasteiger partial charge < -0.3 is 24.5 Å². The number of morpholine rings is 1. The van der Waals surface area contributed by atoms with E-state index in [9.17, 15) is 9.59 Å². The van der Waals surface area contributed by atoms with Gasteiger partial charge in [-0.2, -0.15) is 0 Å². The number of aromatic amines is 1. The van der Waals surface area contributed by atoms with Crippen LogP contribution in [0.2, 0.25) is 5.02 Å². The summed E-state index contributed by atoms with van der Waals surface area (Å²) >= 11 is 7.86. The normalized spacial score (nSPS) is 26.2. The van der Waals surface area contributed by atoms with Gasteiger partial charge in [-0.1, -0.05) is 11.6 Å². The summed E-state index contributed by atoms with van der Waals surface area (Å²) < 4.78 is 35.4. The minimum Gasteiger partial charge on any atom is -0.448 e. The number of hydrogen-bond donors (Lipinski definition) is 2. The molecule has 1 saturated heterocycles. The smallest absolute Gasteiger partial charge is 0.254 e. The van der Waals surface area contributed by atoms with E-state index in [0.717, 1.165) is 58.5 Å². The number of aryl methyl sites for hydroxylation is 1. The quantitative estimate of drug-likeness (QED) is 0.451. The van der Waals surface area contributed by atoms with Gasteiger partial charge in [-0.3, -0.25) is 14.5 Å². The minimum absolute atomic E-state index is 0.148. The number of aromatic nitrogens is 1. The largest absolute Gasteiger partial charge is 0.448 e. The fraction of sp³-hybridized carbons (Fsp3) is 0.586. The SMILES string of the molecule is [2H]C([2H])(NC(=O)c1cc(Cl)c2c(c1C)O[C@@](C)(C1CCC(CN3CCOCC3)CC1)O2)c1c(SC)cc(C)[nH]c1=O. The number of amides is 1. The molecule has 2 fully saturated rings. The van der Waals surface area contributed by atoms with Crippen molar-refractivity contribution in [3.63, 3.8) is 0 Å². The fourth-order valence-corrected chi connectivity index (χ4v) is 6.77. The fourth-order valence-electron chi connectivity index (χ4n) is 5.89. The molecule has 8 nitrogen and oxygen atoms in total. The lowest BCUT2D eigenvalue weighted by molar-refractivity contribution is -0.123. The van der Waals surface area contributed by atoms with Crippen LogP contribution < -0.4 is 20.3 Å². The Labute approximate surface area is 241 Å². The number of pyridine rings is 1. The molecule has 212 valence electrons. The van der Waals surface area contributed by atoms with Crippen LogP contribution in [0.1, 0.15) is 62.5 Å². The zero-order valence-electron chi connectivity index (χ0n) is 24.9. The highest BCUT2D eigenvalue weighted by atomic mass is 35.5. The summed E-state index contributed by atoms with van der Waals surface area (Å²) in [7, 11) is 0. The second kappa shape index (κ2) is 11.7. The van der Waals surface area contributed by atoms with Gasteiger partial charge in [-0.05, 0) is 63.8 Å². The second-order valence-corrected chi connectivity index (χ2v) is 12.1. The lowest BCUT2D eigenvalue weighted by Gasteiger charge is -2.39. The van der Waals surface area contributed by atoms with Crippen molar-refractivity contribution >= 4 is 29.3 Å². The Kier molecular flexibility index (Phi) is 7.74. The molecule has 2 aromatic rings. The molecule has 0 bridgehead atoms. The highest BCUT2D eigenvalue weighted by Crippen LogP contribution is 2.52. The Bertz CT molecular complexity index is 1380. The number of nitrogens with one attached hydrogen (secondary N) is 2. The summed E-state index contributed by atoms with van der Waals surface area (Å²) in [6.07, 6.45) is 5.86. The molecule has 2 N–H and O–H groups in total. The van der Waals surface area contributed by atoms with Crippen molar-refractivity contribution in [2.45, 2.75) is 63.6 Å². The predicted octanol–water partition coefficient (Wildman–Crippen LogP) is 4.92. The monoisotopic (exact) mass is 577 g/mol. The van der Waals surface area contributed by atoms with Crippen LogP contribution >= 0.6 is 23.4 Å². The van der Waals surface area contributed by atoms with Crippen LogP contribution in [0.15, 0.2) is 21.8 Å². The van der Waals surface area contributed by atoms with Crippen LogP contribution in [0.25, 0.3) is 0 Å². The van der Waals surface area contributed by atoms with Gasteiger partial charge >= 0.3 is 0 Å². The molecular formula is C29H38ClN3O5S. The molecule has 0 radical (unpaired) electrons. The highest BCUT2D eigenvalue weighted by Gasteiger charge is 2.47. The van der Waals surface area contributed by atoms with Gasteiger partial charge in [0.2, 0.25) is 0 Å². The molecule has 1 saturated carbocycles. The molecule has 39 heavy (non-hydrogen) atoms. The first-order chi connectivity index (χ1) is 19.4. The standard InChI is InChI=1S/C29H38ClN3O5S/c1-17-13-24(39-4)22(28(35)32-17)15-31-27(34)21-14-23(30)26-25(18(21)2)37-29(3,38-26)20-7-5-19(6-8-20)16-33-9-11-36-12-10-33/h13-14,19-20H,5-12,15-16H2,1-4H3,(H,31,34)(H,32,35)/t19?,20?,29-/m1/s1/i15D2. The minimum atomic E-state index is -2.43. The van der Waals surface area contributed by atoms with E-state index >= 15 is 0 Å². The van der Waals surface area contributed by atoms with E-state index in [0.29, 0.717) is 33.6 Å². The summed E-state index contributed by atoms with van der Waals surface area (Å²) in [4.78, 5) is 31.7. The molecule has 0 unspecified atom stereocenters. The van der Waals surface area contributed by atoms with Crippen LogP contribution in [-0.2, 0) is 11.2 Å². The number of thioether (sulfide) groups is 1. The third-order valence-electron chi connectivity index (χ3n) is 8.15. The summed E-state index contributed by atoms with van der Waals surface area (Å²) in [6, 6.07) is 3.16. The molecule has 2 aliphatic heterocycles. The third kappa shape index (κ3) is 5.97. The van der Waals surface area contributed by atoms with E-state index in [1.807, 2.05) is 6.92 Å². The molecule has 1 aromatic heterocycles. The maximum Gasteiger partial charge on any atom is 0.254 e. The molecular weight excluding hydrogens is 538 g/mol. The summed E-state index contributed by atoms with van der Waals surface area (Å²) in [6.45, 7) is 7.66. The van der Waals surface area contributed by atoms with Gasteiger partial charge in [-0.15, -0.1) is 11.8 Å². The Balaban J connectivity index is 1.30. The van der Waals surface area contributed by atoms with Crippen molar-refractivity contribution in [1.29, 1.82) is 0 Å². The van der Waals surface area contributed by atoms with Gasteiger partial charge in [0, 0.05) is 66.3 Å². The zero-order chi connectivity index (χ0) is 29.5. The maximum atomic E-state index is 13.4. The first-order valence-corrected chi connectivity index (χ1v) is 15.1. The molecule has 1 amide bonds. The van der Waals surface area contributed by atoms with E-state index < -0.39 is 23.8 Å². The van der Waals surface area contributed by atoms with Crippen LogP contribution in [0.5, 0.6) is 11.5 Å². The van der Waals surface area contributed by atoms with E-state index in [4.69, 9.17) is 28.6 Å². The molecule has 1 aromatic carbocycles. The lowest BCUT2D eigenvalue weighted by atomic mass is 9.78. The van der Waals surface area contributed by atoms with Gasteiger partial charge in [0.1, 0.15) is 0 Å². The van der Waals surface area contributed by atoms with Crippen LogP contribution in [0.4, 0.5) is 0 Å². The average Bonchev–Trinajstić information content (AvgIpc) is 3.30. The Morgan fingerprint density at radius 1 is 1.21 bits per heavy atom. The predicted molar refractivity (Wildman–Crippen MR) is 153 cm³/mol. The van der Waals surface area contributed by atoms with E-state index in [1.54, 1.807) is 26.2 Å². The molecule has 10 heteroatoms. The number of ether oxygens (including phenoxy) is 3. The van der Waals surface area contributed by atoms with Crippen molar-refractivity contribution in [2.24, 2.45) is 11.8 Å². The van der Waals surface area contributed by atoms with Gasteiger partial charge in [-0.25, -0.2) is 0 Å². The van der Waals surface area contributed by atoms with Gasteiger partial charge in [0.25, 0.3) is 17.3 Å². The molecule has 3 heterocycles. The molecule has 0 spiro atoms. The van der Waals surface area contributed by atoms with Gasteiger partial charge in [0.05, 0.1) is 21.0 Å². The van der Waals surface area contributed by atoms with Crippen molar-refractivity contribution in [3.8, 4) is 11.5 Å².